The Balaban J connectivity index is 1.70. The van der Waals surface area contributed by atoms with Gasteiger partial charge in [0.05, 0.1) is 12.1 Å². The van der Waals surface area contributed by atoms with Gasteiger partial charge in [0, 0.05) is 32.0 Å². The molecule has 0 fully saturated rings. The van der Waals surface area contributed by atoms with Gasteiger partial charge in [0.2, 0.25) is 5.91 Å². The van der Waals surface area contributed by atoms with Gasteiger partial charge in [0.25, 0.3) is 0 Å². The van der Waals surface area contributed by atoms with Crippen molar-refractivity contribution in [3.8, 4) is 0 Å². The molecule has 130 valence electrons. The number of methoxy groups -OCH3 is 1. The van der Waals surface area contributed by atoms with Crippen molar-refractivity contribution in [3.63, 3.8) is 0 Å². The van der Waals surface area contributed by atoms with Crippen molar-refractivity contribution in [1.82, 2.24) is 15.3 Å². The molecule has 0 bridgehead atoms. The molecule has 24 heavy (non-hydrogen) atoms. The zero-order valence-electron chi connectivity index (χ0n) is 13.9. The molecule has 0 aliphatic rings. The number of aromatic amines is 1. The minimum atomic E-state index is 0.0852. The van der Waals surface area contributed by atoms with Gasteiger partial charge in [-0.15, -0.1) is 0 Å². The molecule has 1 aromatic carbocycles. The first kappa shape index (κ1) is 18.4. The summed E-state index contributed by atoms with van der Waals surface area (Å²) in [5, 5.41) is 7.20. The lowest BCUT2D eigenvalue weighted by molar-refractivity contribution is -0.121. The first-order chi connectivity index (χ1) is 11.7. The summed E-state index contributed by atoms with van der Waals surface area (Å²) in [6.45, 7) is 1.93. The summed E-state index contributed by atoms with van der Waals surface area (Å²) in [6, 6.07) is 7.95. The van der Waals surface area contributed by atoms with Crippen LogP contribution in [0.1, 0.15) is 25.7 Å². The quantitative estimate of drug-likeness (QED) is 0.454. The number of ether oxygens (including phenoxy) is 1. The molecule has 0 saturated heterocycles. The van der Waals surface area contributed by atoms with Crippen molar-refractivity contribution in [2.45, 2.75) is 25.7 Å². The third kappa shape index (κ3) is 5.90. The van der Waals surface area contributed by atoms with Crippen molar-refractivity contribution < 1.29 is 9.53 Å². The molecule has 7 heteroatoms. The number of para-hydroxylation sites is 1. The monoisotopic (exact) mass is 348 g/mol. The zero-order valence-corrected chi connectivity index (χ0v) is 14.7. The van der Waals surface area contributed by atoms with Crippen LogP contribution in [0.15, 0.2) is 24.3 Å². The highest BCUT2D eigenvalue weighted by molar-refractivity contribution is 7.71. The van der Waals surface area contributed by atoms with E-state index >= 15 is 0 Å². The number of nitrogens with one attached hydrogen (secondary N) is 3. The lowest BCUT2D eigenvalue weighted by Crippen LogP contribution is -2.26. The maximum atomic E-state index is 11.5. The van der Waals surface area contributed by atoms with E-state index in [4.69, 9.17) is 17.0 Å². The van der Waals surface area contributed by atoms with Gasteiger partial charge in [-0.05, 0) is 37.2 Å². The van der Waals surface area contributed by atoms with Crippen LogP contribution in [0, 0.1) is 4.77 Å². The van der Waals surface area contributed by atoms with Crippen molar-refractivity contribution in [3.05, 3.63) is 29.0 Å². The molecule has 0 aliphatic heterocycles. The highest BCUT2D eigenvalue weighted by Gasteiger charge is 2.03. The molecule has 0 saturated carbocycles. The third-order valence-electron chi connectivity index (χ3n) is 3.64. The van der Waals surface area contributed by atoms with Crippen LogP contribution in [-0.4, -0.2) is 42.7 Å². The van der Waals surface area contributed by atoms with Gasteiger partial charge in [-0.25, -0.2) is 4.98 Å². The van der Waals surface area contributed by atoms with E-state index in [2.05, 4.69) is 20.6 Å². The van der Waals surface area contributed by atoms with E-state index < -0.39 is 0 Å². The molecule has 0 spiro atoms. The lowest BCUT2D eigenvalue weighted by Gasteiger charge is -2.09. The van der Waals surface area contributed by atoms with Gasteiger partial charge in [-0.2, -0.15) is 0 Å². The average Bonchev–Trinajstić information content (AvgIpc) is 2.58. The average molecular weight is 348 g/mol. The number of aromatic nitrogens is 2. The van der Waals surface area contributed by atoms with Gasteiger partial charge in [0.1, 0.15) is 5.82 Å². The largest absolute Gasteiger partial charge is 0.383 e. The Morgan fingerprint density at radius 3 is 2.92 bits per heavy atom. The van der Waals surface area contributed by atoms with Gasteiger partial charge in [-0.1, -0.05) is 18.6 Å². The smallest absolute Gasteiger partial charge is 0.220 e. The molecular weight excluding hydrogens is 324 g/mol. The molecule has 2 aromatic rings. The Morgan fingerprint density at radius 2 is 2.08 bits per heavy atom. The number of H-pyrrole nitrogens is 1. The number of hydrogen-bond acceptors (Lipinski definition) is 5. The van der Waals surface area contributed by atoms with E-state index in [1.54, 1.807) is 7.11 Å². The Kier molecular flexibility index (Phi) is 7.64. The molecule has 6 nitrogen and oxygen atoms in total. The Bertz CT molecular complexity index is 717. The van der Waals surface area contributed by atoms with E-state index in [1.165, 1.54) is 0 Å². The number of anilines is 1. The van der Waals surface area contributed by atoms with Crippen LogP contribution in [0.5, 0.6) is 0 Å². The molecule has 0 aliphatic carbocycles. The normalized spacial score (nSPS) is 10.7. The fraction of sp³-hybridized carbons (Fsp3) is 0.471. The first-order valence-corrected chi connectivity index (χ1v) is 8.60. The van der Waals surface area contributed by atoms with Crippen LogP contribution in [0.25, 0.3) is 10.9 Å². The molecule has 3 N–H and O–H groups in total. The molecule has 1 heterocycles. The number of carbonyl (C=O) groups excluding carboxylic acids is 1. The third-order valence-corrected chi connectivity index (χ3v) is 3.83. The van der Waals surface area contributed by atoms with Crippen molar-refractivity contribution in [1.29, 1.82) is 0 Å². The van der Waals surface area contributed by atoms with Crippen molar-refractivity contribution in [2.24, 2.45) is 0 Å². The number of carbonyl (C=O) groups is 1. The van der Waals surface area contributed by atoms with E-state index in [-0.39, 0.29) is 5.91 Å². The minimum Gasteiger partial charge on any atom is -0.383 e. The SMILES string of the molecule is COCCNC(=O)CCCCCNc1nc(=S)[nH]c2ccccc12. The Labute approximate surface area is 147 Å². The Morgan fingerprint density at radius 1 is 1.25 bits per heavy atom. The predicted molar refractivity (Wildman–Crippen MR) is 98.8 cm³/mol. The second-order valence-corrected chi connectivity index (χ2v) is 5.90. The topological polar surface area (TPSA) is 79.0 Å². The summed E-state index contributed by atoms with van der Waals surface area (Å²) < 4.78 is 5.37. The molecule has 2 rings (SSSR count). The fourth-order valence-electron chi connectivity index (χ4n) is 2.41. The van der Waals surface area contributed by atoms with E-state index in [1.807, 2.05) is 24.3 Å². The van der Waals surface area contributed by atoms with Crippen LogP contribution in [-0.2, 0) is 9.53 Å². The predicted octanol–water partition coefficient (Wildman–Crippen LogP) is 3.03. The molecule has 0 unspecified atom stereocenters. The summed E-state index contributed by atoms with van der Waals surface area (Å²) in [7, 11) is 1.62. The first-order valence-electron chi connectivity index (χ1n) is 8.19. The summed E-state index contributed by atoms with van der Waals surface area (Å²) in [6.07, 6.45) is 3.40. The lowest BCUT2D eigenvalue weighted by atomic mass is 10.2. The summed E-state index contributed by atoms with van der Waals surface area (Å²) >= 11 is 5.16. The van der Waals surface area contributed by atoms with Gasteiger partial charge >= 0.3 is 0 Å². The number of hydrogen-bond donors (Lipinski definition) is 3. The molecule has 0 radical (unpaired) electrons. The molecule has 1 aromatic heterocycles. The molecule has 0 atom stereocenters. The van der Waals surface area contributed by atoms with Gasteiger partial charge in [0.15, 0.2) is 4.77 Å². The number of benzene rings is 1. The second-order valence-electron chi connectivity index (χ2n) is 5.52. The number of amides is 1. The van der Waals surface area contributed by atoms with Crippen LogP contribution in [0.4, 0.5) is 5.82 Å². The minimum absolute atomic E-state index is 0.0852. The number of rotatable bonds is 10. The number of fused-ring (bicyclic) bond motifs is 1. The van der Waals surface area contributed by atoms with Gasteiger partial charge in [-0.3, -0.25) is 4.79 Å². The van der Waals surface area contributed by atoms with Crippen LogP contribution in [0.3, 0.4) is 0 Å². The highest BCUT2D eigenvalue weighted by atomic mass is 32.1. The van der Waals surface area contributed by atoms with Crippen LogP contribution in [0.2, 0.25) is 0 Å². The number of unbranched alkanes of at least 4 members (excludes halogenated alkanes) is 2. The van der Waals surface area contributed by atoms with E-state index in [0.717, 1.165) is 42.5 Å². The zero-order chi connectivity index (χ0) is 17.2. The summed E-state index contributed by atoms with van der Waals surface area (Å²) in [4.78, 5) is 19.0. The summed E-state index contributed by atoms with van der Waals surface area (Å²) in [5.74, 6) is 0.897. The molecular formula is C17H24N4O2S. The summed E-state index contributed by atoms with van der Waals surface area (Å²) in [5.41, 5.74) is 0.979. The highest BCUT2D eigenvalue weighted by Crippen LogP contribution is 2.19. The van der Waals surface area contributed by atoms with E-state index in [9.17, 15) is 4.79 Å². The van der Waals surface area contributed by atoms with Crippen molar-refractivity contribution in [2.75, 3.05) is 32.1 Å². The maximum Gasteiger partial charge on any atom is 0.220 e. The van der Waals surface area contributed by atoms with Crippen LogP contribution < -0.4 is 10.6 Å². The fourth-order valence-corrected chi connectivity index (χ4v) is 2.61. The molecule has 1 amide bonds. The van der Waals surface area contributed by atoms with Gasteiger partial charge < -0.3 is 20.4 Å². The maximum absolute atomic E-state index is 11.5. The Hall–Kier alpha value is -1.99. The second kappa shape index (κ2) is 10.00. The van der Waals surface area contributed by atoms with Crippen LogP contribution >= 0.6 is 12.2 Å². The van der Waals surface area contributed by atoms with Crippen molar-refractivity contribution >= 4 is 34.8 Å². The standard InChI is InChI=1S/C17H24N4O2S/c1-23-12-11-18-15(22)9-3-2-6-10-19-16-13-7-4-5-8-14(13)20-17(24)21-16/h4-5,7-8H,2-3,6,9-12H2,1H3,(H,18,22)(H2,19,20,21,24). The number of nitrogens with zero attached hydrogens (tertiary/aromatic N) is 1. The van der Waals surface area contributed by atoms with E-state index in [0.29, 0.717) is 24.3 Å².